The van der Waals surface area contributed by atoms with Gasteiger partial charge in [0.1, 0.15) is 0 Å². The zero-order valence-corrected chi connectivity index (χ0v) is 7.06. The van der Waals surface area contributed by atoms with Gasteiger partial charge in [-0.25, -0.2) is 0 Å². The number of carbonyl (C=O) groups excluding carboxylic acids is 1. The molecular weight excluding hydrogens is 168 g/mol. The van der Waals surface area contributed by atoms with E-state index < -0.39 is 5.79 Å². The van der Waals surface area contributed by atoms with Crippen LogP contribution in [0.3, 0.4) is 0 Å². The predicted octanol–water partition coefficient (Wildman–Crippen LogP) is 0.951. The van der Waals surface area contributed by atoms with Crippen LogP contribution in [-0.4, -0.2) is 11.6 Å². The Morgan fingerprint density at radius 2 is 2.23 bits per heavy atom. The van der Waals surface area contributed by atoms with Gasteiger partial charge in [0.25, 0.3) is 6.47 Å². The Kier molecular flexibility index (Phi) is 1.81. The van der Waals surface area contributed by atoms with Gasteiger partial charge in [0, 0.05) is 12.0 Å². The van der Waals surface area contributed by atoms with Gasteiger partial charge >= 0.3 is 0 Å². The van der Waals surface area contributed by atoms with E-state index >= 15 is 0 Å². The van der Waals surface area contributed by atoms with Gasteiger partial charge in [-0.1, -0.05) is 24.3 Å². The first-order chi connectivity index (χ1) is 6.26. The number of hydrogen-bond donors (Lipinski definition) is 1. The molecule has 1 unspecified atom stereocenters. The van der Waals surface area contributed by atoms with E-state index in [0.29, 0.717) is 18.5 Å². The average Bonchev–Trinajstić information content (AvgIpc) is 2.46. The lowest BCUT2D eigenvalue weighted by atomic mass is 10.1. The lowest BCUT2D eigenvalue weighted by Gasteiger charge is -2.20. The Labute approximate surface area is 76.0 Å². The molecule has 1 N–H and O–H groups in total. The van der Waals surface area contributed by atoms with Gasteiger partial charge in [-0.3, -0.25) is 4.79 Å². The first kappa shape index (κ1) is 8.26. The SMILES string of the molecule is O=COC1(O)CCc2ccccc21. The van der Waals surface area contributed by atoms with Crippen LogP contribution in [0.2, 0.25) is 0 Å². The monoisotopic (exact) mass is 178 g/mol. The average molecular weight is 178 g/mol. The molecule has 1 atom stereocenters. The van der Waals surface area contributed by atoms with Gasteiger partial charge in [0.05, 0.1) is 0 Å². The predicted molar refractivity (Wildman–Crippen MR) is 45.8 cm³/mol. The molecule has 0 aromatic heterocycles. The van der Waals surface area contributed by atoms with Gasteiger partial charge < -0.3 is 9.84 Å². The summed E-state index contributed by atoms with van der Waals surface area (Å²) in [6.45, 7) is 0.294. The molecule has 0 bridgehead atoms. The fourth-order valence-electron chi connectivity index (χ4n) is 1.76. The van der Waals surface area contributed by atoms with Crippen molar-refractivity contribution < 1.29 is 14.6 Å². The Hall–Kier alpha value is -1.35. The Morgan fingerprint density at radius 1 is 1.46 bits per heavy atom. The molecule has 1 aliphatic rings. The van der Waals surface area contributed by atoms with E-state index in [4.69, 9.17) is 4.74 Å². The molecule has 0 saturated carbocycles. The fourth-order valence-corrected chi connectivity index (χ4v) is 1.76. The molecule has 2 rings (SSSR count). The Bertz CT molecular complexity index is 335. The molecule has 13 heavy (non-hydrogen) atoms. The topological polar surface area (TPSA) is 46.5 Å². The minimum absolute atomic E-state index is 0.294. The first-order valence-corrected chi connectivity index (χ1v) is 4.18. The number of hydrogen-bond acceptors (Lipinski definition) is 3. The quantitative estimate of drug-likeness (QED) is 0.541. The summed E-state index contributed by atoms with van der Waals surface area (Å²) >= 11 is 0. The van der Waals surface area contributed by atoms with E-state index in [0.717, 1.165) is 12.0 Å². The highest BCUT2D eigenvalue weighted by Gasteiger charge is 2.38. The molecule has 0 fully saturated rings. The minimum Gasteiger partial charge on any atom is -0.431 e. The third-order valence-electron chi connectivity index (χ3n) is 2.41. The summed E-state index contributed by atoms with van der Waals surface area (Å²) in [4.78, 5) is 10.2. The maximum atomic E-state index is 10.2. The number of aryl methyl sites for hydroxylation is 1. The lowest BCUT2D eigenvalue weighted by molar-refractivity contribution is -0.200. The molecule has 0 radical (unpaired) electrons. The number of ether oxygens (including phenoxy) is 1. The standard InChI is InChI=1S/C10H10O3/c11-7-13-10(12)6-5-8-3-1-2-4-9(8)10/h1-4,7,12H,5-6H2. The Balaban J connectivity index is 2.42. The molecule has 0 saturated heterocycles. The van der Waals surface area contributed by atoms with Crippen LogP contribution in [-0.2, 0) is 21.7 Å². The molecule has 3 nitrogen and oxygen atoms in total. The molecule has 0 amide bonds. The number of rotatable bonds is 2. The number of carbonyl (C=O) groups is 1. The highest BCUT2D eigenvalue weighted by molar-refractivity contribution is 5.43. The van der Waals surface area contributed by atoms with E-state index in [2.05, 4.69) is 0 Å². The summed E-state index contributed by atoms with van der Waals surface area (Å²) in [5.41, 5.74) is 1.76. The van der Waals surface area contributed by atoms with Crippen LogP contribution in [0.25, 0.3) is 0 Å². The van der Waals surface area contributed by atoms with E-state index in [1.807, 2.05) is 18.2 Å². The van der Waals surface area contributed by atoms with E-state index in [9.17, 15) is 9.90 Å². The van der Waals surface area contributed by atoms with Crippen molar-refractivity contribution in [3.8, 4) is 0 Å². The number of fused-ring (bicyclic) bond motifs is 1. The zero-order valence-electron chi connectivity index (χ0n) is 7.06. The summed E-state index contributed by atoms with van der Waals surface area (Å²) < 4.78 is 4.69. The van der Waals surface area contributed by atoms with Crippen molar-refractivity contribution >= 4 is 6.47 Å². The molecule has 3 heteroatoms. The normalized spacial score (nSPS) is 25.3. The van der Waals surface area contributed by atoms with Crippen molar-refractivity contribution in [1.82, 2.24) is 0 Å². The van der Waals surface area contributed by atoms with Gasteiger partial charge in [0.2, 0.25) is 5.79 Å². The third-order valence-corrected chi connectivity index (χ3v) is 2.41. The molecule has 0 heterocycles. The fraction of sp³-hybridized carbons (Fsp3) is 0.300. The van der Waals surface area contributed by atoms with Gasteiger partial charge in [-0.15, -0.1) is 0 Å². The maximum absolute atomic E-state index is 10.2. The van der Waals surface area contributed by atoms with E-state index in [1.165, 1.54) is 0 Å². The molecule has 0 aliphatic heterocycles. The maximum Gasteiger partial charge on any atom is 0.295 e. The summed E-state index contributed by atoms with van der Waals surface area (Å²) in [6.07, 6.45) is 1.20. The second kappa shape index (κ2) is 2.85. The molecule has 68 valence electrons. The van der Waals surface area contributed by atoms with Crippen LogP contribution < -0.4 is 0 Å². The minimum atomic E-state index is -1.39. The van der Waals surface area contributed by atoms with Crippen LogP contribution in [0.5, 0.6) is 0 Å². The van der Waals surface area contributed by atoms with E-state index in [1.54, 1.807) is 6.07 Å². The van der Waals surface area contributed by atoms with Crippen molar-refractivity contribution in [1.29, 1.82) is 0 Å². The summed E-state index contributed by atoms with van der Waals surface area (Å²) in [5.74, 6) is -1.39. The van der Waals surface area contributed by atoms with Gasteiger partial charge in [-0.2, -0.15) is 0 Å². The van der Waals surface area contributed by atoms with Crippen molar-refractivity contribution in [2.24, 2.45) is 0 Å². The molecular formula is C10H10O3. The smallest absolute Gasteiger partial charge is 0.295 e. The summed E-state index contributed by atoms with van der Waals surface area (Å²) in [6, 6.07) is 7.45. The number of aliphatic hydroxyl groups is 1. The third kappa shape index (κ3) is 1.21. The van der Waals surface area contributed by atoms with Crippen LogP contribution in [0, 0.1) is 0 Å². The highest BCUT2D eigenvalue weighted by Crippen LogP contribution is 2.36. The zero-order chi connectivity index (χ0) is 9.31. The lowest BCUT2D eigenvalue weighted by Crippen LogP contribution is -2.25. The van der Waals surface area contributed by atoms with E-state index in [-0.39, 0.29) is 0 Å². The first-order valence-electron chi connectivity index (χ1n) is 4.18. The number of benzene rings is 1. The molecule has 1 aliphatic carbocycles. The highest BCUT2D eigenvalue weighted by atomic mass is 16.6. The largest absolute Gasteiger partial charge is 0.431 e. The van der Waals surface area contributed by atoms with Crippen molar-refractivity contribution in [2.45, 2.75) is 18.6 Å². The van der Waals surface area contributed by atoms with Crippen LogP contribution >= 0.6 is 0 Å². The second-order valence-corrected chi connectivity index (χ2v) is 3.16. The van der Waals surface area contributed by atoms with Crippen LogP contribution in [0.15, 0.2) is 24.3 Å². The van der Waals surface area contributed by atoms with Crippen molar-refractivity contribution in [2.75, 3.05) is 0 Å². The molecule has 1 aromatic carbocycles. The Morgan fingerprint density at radius 3 is 3.00 bits per heavy atom. The summed E-state index contributed by atoms with van der Waals surface area (Å²) in [7, 11) is 0. The molecule has 1 aromatic rings. The van der Waals surface area contributed by atoms with Crippen LogP contribution in [0.1, 0.15) is 17.5 Å². The molecule has 0 spiro atoms. The summed E-state index contributed by atoms with van der Waals surface area (Å²) in [5, 5.41) is 9.89. The van der Waals surface area contributed by atoms with Gasteiger partial charge in [-0.05, 0) is 12.0 Å². The second-order valence-electron chi connectivity index (χ2n) is 3.16. The van der Waals surface area contributed by atoms with Gasteiger partial charge in [0.15, 0.2) is 0 Å². The van der Waals surface area contributed by atoms with Crippen LogP contribution in [0.4, 0.5) is 0 Å². The van der Waals surface area contributed by atoms with Crippen molar-refractivity contribution in [3.63, 3.8) is 0 Å². The van der Waals surface area contributed by atoms with Crippen molar-refractivity contribution in [3.05, 3.63) is 35.4 Å².